The summed E-state index contributed by atoms with van der Waals surface area (Å²) in [6.45, 7) is 2.25. The highest BCUT2D eigenvalue weighted by Crippen LogP contribution is 2.21. The van der Waals surface area contributed by atoms with E-state index in [0.29, 0.717) is 11.3 Å². The lowest BCUT2D eigenvalue weighted by Crippen LogP contribution is -2.21. The average molecular weight is 309 g/mol. The van der Waals surface area contributed by atoms with Gasteiger partial charge in [0.25, 0.3) is 0 Å². The lowest BCUT2D eigenvalue weighted by atomic mass is 10.1. The summed E-state index contributed by atoms with van der Waals surface area (Å²) in [5.41, 5.74) is 7.42. The molecule has 0 spiro atoms. The van der Waals surface area contributed by atoms with Crippen LogP contribution in [-0.2, 0) is 13.0 Å². The van der Waals surface area contributed by atoms with Gasteiger partial charge in [0.05, 0.1) is 11.2 Å². The van der Waals surface area contributed by atoms with Crippen molar-refractivity contribution in [2.75, 3.05) is 0 Å². The highest BCUT2D eigenvalue weighted by molar-refractivity contribution is 6.31. The number of hydrogen-bond acceptors (Lipinski definition) is 3. The minimum atomic E-state index is -0.445. The summed E-state index contributed by atoms with van der Waals surface area (Å²) in [4.78, 5) is 4.31. The van der Waals surface area contributed by atoms with E-state index in [4.69, 9.17) is 22.1 Å². The zero-order valence-electron chi connectivity index (χ0n) is 11.9. The summed E-state index contributed by atoms with van der Waals surface area (Å²) in [7, 11) is 0. The van der Waals surface area contributed by atoms with Crippen molar-refractivity contribution in [3.63, 3.8) is 0 Å². The van der Waals surface area contributed by atoms with Crippen LogP contribution in [0.2, 0.25) is 5.02 Å². The van der Waals surface area contributed by atoms with Crippen molar-refractivity contribution in [2.45, 2.75) is 32.4 Å². The molecule has 1 unspecified atom stereocenters. The number of aromatic nitrogens is 1. The van der Waals surface area contributed by atoms with E-state index in [1.807, 2.05) is 19.1 Å². The Bertz CT molecular complexity index is 589. The van der Waals surface area contributed by atoms with Crippen molar-refractivity contribution in [1.82, 2.24) is 4.98 Å². The first-order valence-electron chi connectivity index (χ1n) is 6.86. The molecule has 0 amide bonds. The maximum absolute atomic E-state index is 13.3. The molecule has 0 aliphatic heterocycles. The van der Waals surface area contributed by atoms with Crippen molar-refractivity contribution in [3.8, 4) is 5.75 Å². The van der Waals surface area contributed by atoms with E-state index in [9.17, 15) is 4.39 Å². The molecule has 1 atom stereocenters. The van der Waals surface area contributed by atoms with Gasteiger partial charge in [-0.2, -0.15) is 0 Å². The molecule has 112 valence electrons. The second-order valence-electron chi connectivity index (χ2n) is 4.86. The SMILES string of the molecule is CCC(N)Cc1ccc(OCc2cccc(F)c2Cl)cn1. The Morgan fingerprint density at radius 2 is 2.14 bits per heavy atom. The predicted octanol–water partition coefficient (Wildman–Crippen LogP) is 3.73. The van der Waals surface area contributed by atoms with Crippen LogP contribution in [0.15, 0.2) is 36.5 Å². The molecule has 1 aromatic heterocycles. The van der Waals surface area contributed by atoms with E-state index in [-0.39, 0.29) is 17.7 Å². The van der Waals surface area contributed by atoms with Crippen LogP contribution in [-0.4, -0.2) is 11.0 Å². The Hall–Kier alpha value is -1.65. The van der Waals surface area contributed by atoms with Crippen LogP contribution < -0.4 is 10.5 Å². The Balaban J connectivity index is 1.96. The number of benzene rings is 1. The first-order chi connectivity index (χ1) is 10.1. The van der Waals surface area contributed by atoms with Gasteiger partial charge in [-0.3, -0.25) is 4.98 Å². The van der Waals surface area contributed by atoms with Crippen LogP contribution in [0, 0.1) is 5.82 Å². The quantitative estimate of drug-likeness (QED) is 0.884. The molecule has 0 aliphatic carbocycles. The molecule has 0 radical (unpaired) electrons. The van der Waals surface area contributed by atoms with Crippen LogP contribution in [0.4, 0.5) is 4.39 Å². The number of halogens is 2. The van der Waals surface area contributed by atoms with Crippen molar-refractivity contribution >= 4 is 11.6 Å². The molecule has 3 nitrogen and oxygen atoms in total. The summed E-state index contributed by atoms with van der Waals surface area (Å²) in [6, 6.07) is 8.49. The van der Waals surface area contributed by atoms with Crippen LogP contribution >= 0.6 is 11.6 Å². The fourth-order valence-corrected chi connectivity index (χ4v) is 2.03. The van der Waals surface area contributed by atoms with Crippen molar-refractivity contribution < 1.29 is 9.13 Å². The molecule has 2 rings (SSSR count). The Morgan fingerprint density at radius 3 is 2.81 bits per heavy atom. The predicted molar refractivity (Wildman–Crippen MR) is 81.9 cm³/mol. The summed E-state index contributed by atoms with van der Waals surface area (Å²) in [5.74, 6) is 0.170. The van der Waals surface area contributed by atoms with Gasteiger partial charge in [0.2, 0.25) is 0 Å². The zero-order chi connectivity index (χ0) is 15.2. The van der Waals surface area contributed by atoms with Crippen molar-refractivity contribution in [2.24, 2.45) is 5.73 Å². The largest absolute Gasteiger partial charge is 0.487 e. The lowest BCUT2D eigenvalue weighted by Gasteiger charge is -2.10. The molecule has 5 heteroatoms. The minimum absolute atomic E-state index is 0.0935. The third-order valence-corrected chi connectivity index (χ3v) is 3.64. The van der Waals surface area contributed by atoms with Crippen LogP contribution in [0.5, 0.6) is 5.75 Å². The van der Waals surface area contributed by atoms with E-state index in [1.54, 1.807) is 18.3 Å². The van der Waals surface area contributed by atoms with Crippen molar-refractivity contribution in [3.05, 3.63) is 58.6 Å². The lowest BCUT2D eigenvalue weighted by molar-refractivity contribution is 0.304. The van der Waals surface area contributed by atoms with Crippen LogP contribution in [0.25, 0.3) is 0 Å². The highest BCUT2D eigenvalue weighted by Gasteiger charge is 2.07. The van der Waals surface area contributed by atoms with Gasteiger partial charge in [-0.1, -0.05) is 30.7 Å². The fourth-order valence-electron chi connectivity index (χ4n) is 1.85. The number of pyridine rings is 1. The molecule has 0 fully saturated rings. The van der Waals surface area contributed by atoms with Gasteiger partial charge in [-0.15, -0.1) is 0 Å². The standard InChI is InChI=1S/C16H18ClFN2O/c1-2-12(19)8-13-6-7-14(9-20-13)21-10-11-4-3-5-15(18)16(11)17/h3-7,9,12H,2,8,10,19H2,1H3. The molecule has 1 aromatic carbocycles. The molecular weight excluding hydrogens is 291 g/mol. The molecule has 0 saturated carbocycles. The Labute approximate surface area is 128 Å². The smallest absolute Gasteiger partial charge is 0.142 e. The average Bonchev–Trinajstić information content (AvgIpc) is 2.50. The summed E-state index contributed by atoms with van der Waals surface area (Å²) < 4.78 is 18.9. The van der Waals surface area contributed by atoms with Gasteiger partial charge in [0.1, 0.15) is 18.2 Å². The van der Waals surface area contributed by atoms with E-state index in [1.165, 1.54) is 6.07 Å². The molecule has 0 bridgehead atoms. The Morgan fingerprint density at radius 1 is 1.33 bits per heavy atom. The number of nitrogens with zero attached hydrogens (tertiary/aromatic N) is 1. The fraction of sp³-hybridized carbons (Fsp3) is 0.312. The van der Waals surface area contributed by atoms with Gasteiger partial charge >= 0.3 is 0 Å². The number of rotatable bonds is 6. The number of ether oxygens (including phenoxy) is 1. The van der Waals surface area contributed by atoms with Crippen LogP contribution in [0.3, 0.4) is 0 Å². The maximum Gasteiger partial charge on any atom is 0.142 e. The topological polar surface area (TPSA) is 48.1 Å². The normalized spacial score (nSPS) is 12.2. The van der Waals surface area contributed by atoms with E-state index < -0.39 is 5.82 Å². The van der Waals surface area contributed by atoms with Gasteiger partial charge in [0.15, 0.2) is 0 Å². The molecular formula is C16H18ClFN2O. The van der Waals surface area contributed by atoms with E-state index in [2.05, 4.69) is 4.98 Å². The molecule has 0 aliphatic rings. The van der Waals surface area contributed by atoms with E-state index in [0.717, 1.165) is 18.5 Å². The third kappa shape index (κ3) is 4.41. The van der Waals surface area contributed by atoms with Gasteiger partial charge in [0, 0.05) is 23.7 Å². The van der Waals surface area contributed by atoms with Gasteiger partial charge in [-0.05, 0) is 24.6 Å². The molecule has 2 aromatic rings. The Kier molecular flexibility index (Phi) is 5.53. The number of nitrogens with two attached hydrogens (primary N) is 1. The monoisotopic (exact) mass is 308 g/mol. The van der Waals surface area contributed by atoms with E-state index >= 15 is 0 Å². The second-order valence-corrected chi connectivity index (χ2v) is 5.24. The van der Waals surface area contributed by atoms with Crippen molar-refractivity contribution in [1.29, 1.82) is 0 Å². The van der Waals surface area contributed by atoms with Gasteiger partial charge in [-0.25, -0.2) is 4.39 Å². The molecule has 0 saturated heterocycles. The van der Waals surface area contributed by atoms with Gasteiger partial charge < -0.3 is 10.5 Å². The first-order valence-corrected chi connectivity index (χ1v) is 7.24. The molecule has 2 N–H and O–H groups in total. The summed E-state index contributed by atoms with van der Waals surface area (Å²) >= 11 is 5.87. The maximum atomic E-state index is 13.3. The molecule has 1 heterocycles. The number of hydrogen-bond donors (Lipinski definition) is 1. The highest BCUT2D eigenvalue weighted by atomic mass is 35.5. The summed E-state index contributed by atoms with van der Waals surface area (Å²) in [6.07, 6.45) is 3.30. The second kappa shape index (κ2) is 7.38. The third-order valence-electron chi connectivity index (χ3n) is 3.22. The zero-order valence-corrected chi connectivity index (χ0v) is 12.6. The minimum Gasteiger partial charge on any atom is -0.487 e. The van der Waals surface area contributed by atoms with Crippen LogP contribution in [0.1, 0.15) is 24.6 Å². The summed E-state index contributed by atoms with van der Waals surface area (Å²) in [5, 5.41) is 0.0935. The first kappa shape index (κ1) is 15.7. The molecule has 21 heavy (non-hydrogen) atoms.